The molecule has 3 fully saturated rings. The fraction of sp³-hybridized carbons (Fsp3) is 0.549. The number of methoxy groups -OCH3 is 1. The van der Waals surface area contributed by atoms with Crippen molar-refractivity contribution in [3.63, 3.8) is 0 Å². The number of ether oxygens (including phenoxy) is 3. The zero-order valence-corrected chi connectivity index (χ0v) is 42.9. The molecule has 1 aromatic carbocycles. The molecule has 22 heteroatoms. The average molecular weight is 1040 g/mol. The van der Waals surface area contributed by atoms with E-state index in [0.29, 0.717) is 62.5 Å². The molecule has 0 aliphatic carbocycles. The lowest BCUT2D eigenvalue weighted by atomic mass is 9.84. The maximum atomic E-state index is 14.7. The van der Waals surface area contributed by atoms with E-state index in [1.54, 1.807) is 61.5 Å². The van der Waals surface area contributed by atoms with Crippen LogP contribution in [0.25, 0.3) is 33.4 Å². The lowest BCUT2D eigenvalue weighted by Gasteiger charge is -2.37. The van der Waals surface area contributed by atoms with Gasteiger partial charge in [0.15, 0.2) is 0 Å². The maximum absolute atomic E-state index is 14.7. The Kier molecular flexibility index (Phi) is 16.0. The number of nitrogens with one attached hydrogen (secondary N) is 2. The highest BCUT2D eigenvalue weighted by Gasteiger charge is 2.46. The summed E-state index contributed by atoms with van der Waals surface area (Å²) in [4.78, 5) is 84.4. The number of hydrazine groups is 1. The summed E-state index contributed by atoms with van der Waals surface area (Å²) < 4.78 is 75.8. The summed E-state index contributed by atoms with van der Waals surface area (Å²) in [5.74, 6) is -2.63. The number of aromatic nitrogens is 3. The highest BCUT2D eigenvalue weighted by Crippen LogP contribution is 2.43. The molecule has 394 valence electrons. The van der Waals surface area contributed by atoms with Crippen LogP contribution in [0.5, 0.6) is 0 Å². The van der Waals surface area contributed by atoms with Crippen LogP contribution < -0.4 is 10.7 Å². The summed E-state index contributed by atoms with van der Waals surface area (Å²) >= 11 is 1.24. The zero-order chi connectivity index (χ0) is 52.5. The van der Waals surface area contributed by atoms with Gasteiger partial charge in [-0.25, -0.2) is 19.6 Å². The number of alkyl halides is 4. The normalized spacial score (nSPS) is 22.5. The van der Waals surface area contributed by atoms with Crippen molar-refractivity contribution in [3.8, 4) is 22.5 Å². The maximum Gasteiger partial charge on any atom is 0.406 e. The predicted octanol–water partition coefficient (Wildman–Crippen LogP) is 6.26. The summed E-state index contributed by atoms with van der Waals surface area (Å²) in [7, 11) is 3.01. The molecule has 17 nitrogen and oxygen atoms in total. The Labute approximate surface area is 425 Å². The van der Waals surface area contributed by atoms with E-state index in [1.807, 2.05) is 19.9 Å². The van der Waals surface area contributed by atoms with Gasteiger partial charge in [0, 0.05) is 85.3 Å². The van der Waals surface area contributed by atoms with Crippen molar-refractivity contribution in [2.45, 2.75) is 109 Å². The summed E-state index contributed by atoms with van der Waals surface area (Å²) in [6.45, 7) is 7.86. The molecule has 0 radical (unpaired) electrons. The predicted molar refractivity (Wildman–Crippen MR) is 263 cm³/mol. The molecule has 2 N–H and O–H groups in total. The Hall–Kier alpha value is -5.97. The first-order valence-corrected chi connectivity index (χ1v) is 25.4. The van der Waals surface area contributed by atoms with E-state index in [0.717, 1.165) is 6.08 Å². The van der Waals surface area contributed by atoms with Crippen LogP contribution in [0.2, 0.25) is 0 Å². The second-order valence-electron chi connectivity index (χ2n) is 20.3. The van der Waals surface area contributed by atoms with Gasteiger partial charge in [-0.05, 0) is 68.0 Å². The average Bonchev–Trinajstić information content (AvgIpc) is 4.09. The van der Waals surface area contributed by atoms with Crippen LogP contribution in [-0.4, -0.2) is 161 Å². The fourth-order valence-electron chi connectivity index (χ4n) is 10.5. The minimum Gasteiger partial charge on any atom is -0.464 e. The van der Waals surface area contributed by atoms with Crippen molar-refractivity contribution in [1.82, 2.24) is 45.0 Å². The van der Waals surface area contributed by atoms with Crippen molar-refractivity contribution < 1.29 is 55.7 Å². The highest BCUT2D eigenvalue weighted by atomic mass is 32.1. The number of thiazole rings is 1. The number of benzene rings is 1. The number of urea groups is 1. The number of pyridine rings is 1. The standard InChI is InChI=1S/C51H63F4N9O8S/c1-29(2)44(60(6)49(69)61-24-39-40(25-61)71-20-19-62(39)42(65)13-8-16-52)46(66)58-36-22-41-57-37(26-73-41)31-14-15-38-33(21-31)34(23-50(4,5)28-72-48(68)35-12-10-18-64(59-35)47(36)67)45(63(38)27-51(53,54)55)32-11-9-17-56-43(32)30(3)70-7/h8-9,11,13-15,17,21,26,29-30,35-36,39-40,44,59H,10,12,16,18-20,22-25,27-28H2,1-7H3,(H,58,66)/b13-8+/t30-,35-,36-,39+,40-,44?/m0/s1. The van der Waals surface area contributed by atoms with E-state index in [1.165, 1.54) is 50.9 Å². The quantitative estimate of drug-likeness (QED) is 0.104. The minimum atomic E-state index is -4.61. The van der Waals surface area contributed by atoms with Gasteiger partial charge < -0.3 is 38.8 Å². The molecular weight excluding hydrogens is 975 g/mol. The van der Waals surface area contributed by atoms with Crippen molar-refractivity contribution in [1.29, 1.82) is 0 Å². The number of rotatable bonds is 10. The number of likely N-dealkylation sites (N-methyl/N-ethyl adjacent to an activating group) is 1. The second kappa shape index (κ2) is 21.9. The van der Waals surface area contributed by atoms with Gasteiger partial charge in [0.2, 0.25) is 11.8 Å². The highest BCUT2D eigenvalue weighted by molar-refractivity contribution is 7.10. The number of likely N-dealkylation sites (tertiary alicyclic amines) is 1. The summed E-state index contributed by atoms with van der Waals surface area (Å²) in [5.41, 5.74) is 5.44. The van der Waals surface area contributed by atoms with Gasteiger partial charge in [-0.2, -0.15) is 13.2 Å². The van der Waals surface area contributed by atoms with Crippen molar-refractivity contribution in [2.24, 2.45) is 11.3 Å². The second-order valence-corrected chi connectivity index (χ2v) is 21.2. The van der Waals surface area contributed by atoms with Crippen LogP contribution in [0.15, 0.2) is 54.1 Å². The first-order valence-electron chi connectivity index (χ1n) is 24.5. The Bertz CT molecular complexity index is 2740. The number of carbonyl (C=O) groups is 5. The smallest absolute Gasteiger partial charge is 0.406 e. The van der Waals surface area contributed by atoms with Gasteiger partial charge in [-0.1, -0.05) is 33.8 Å². The van der Waals surface area contributed by atoms with Gasteiger partial charge in [0.25, 0.3) is 5.91 Å². The van der Waals surface area contributed by atoms with Crippen LogP contribution in [0.1, 0.15) is 69.8 Å². The number of fused-ring (bicyclic) bond motifs is 7. The molecular formula is C51H63F4N9O8S. The number of carbonyl (C=O) groups excluding carboxylic acids is 5. The molecule has 0 saturated carbocycles. The fourth-order valence-corrected chi connectivity index (χ4v) is 11.3. The molecule has 3 saturated heterocycles. The van der Waals surface area contributed by atoms with Crippen LogP contribution in [-0.2, 0) is 52.8 Å². The monoisotopic (exact) mass is 1040 g/mol. The number of nitrogens with zero attached hydrogens (tertiary/aromatic N) is 7. The Morgan fingerprint density at radius 2 is 1.90 bits per heavy atom. The van der Waals surface area contributed by atoms with Crippen molar-refractivity contribution in [3.05, 3.63) is 70.3 Å². The van der Waals surface area contributed by atoms with E-state index < -0.39 is 90.9 Å². The third-order valence-corrected chi connectivity index (χ3v) is 14.9. The number of allylic oxidation sites excluding steroid dienone is 1. The largest absolute Gasteiger partial charge is 0.464 e. The van der Waals surface area contributed by atoms with Crippen LogP contribution in [0.3, 0.4) is 0 Å². The number of amides is 5. The third kappa shape index (κ3) is 11.6. The van der Waals surface area contributed by atoms with Gasteiger partial charge in [-0.15, -0.1) is 11.3 Å². The van der Waals surface area contributed by atoms with E-state index in [2.05, 4.69) is 15.7 Å². The number of esters is 1. The number of hydrogen-bond acceptors (Lipinski definition) is 12. The van der Waals surface area contributed by atoms with Gasteiger partial charge in [-0.3, -0.25) is 29.2 Å². The molecule has 1 unspecified atom stereocenters. The molecule has 4 aromatic rings. The number of hydrogen-bond donors (Lipinski definition) is 2. The Morgan fingerprint density at radius 3 is 2.63 bits per heavy atom. The molecule has 73 heavy (non-hydrogen) atoms. The Balaban J connectivity index is 1.14. The first kappa shape index (κ1) is 53.3. The summed E-state index contributed by atoms with van der Waals surface area (Å²) in [6, 6.07) is 4.34. The topological polar surface area (TPSA) is 181 Å². The first-order chi connectivity index (χ1) is 34.7. The zero-order valence-electron chi connectivity index (χ0n) is 42.0. The number of morpholine rings is 1. The van der Waals surface area contributed by atoms with Crippen molar-refractivity contribution >= 4 is 52.0 Å². The molecule has 8 rings (SSSR count). The van der Waals surface area contributed by atoms with E-state index in [-0.39, 0.29) is 58.1 Å². The summed E-state index contributed by atoms with van der Waals surface area (Å²) in [6.07, 6.45) is -0.941. The molecule has 0 spiro atoms. The molecule has 5 amide bonds. The SMILES string of the molecule is CO[C@@H](C)c1ncccc1-c1c2c3cc(ccc3n1CC(F)(F)F)-c1csc(n1)C[C@H](NC(=O)C(C(C)C)N(C)C(=O)N1C[C@@H]3OCCN(C(=O)/C=C/CF)[C@@H]3C1)C(=O)N1CCC[C@H](N1)C(=O)OCC(C)(C)C2. The summed E-state index contributed by atoms with van der Waals surface area (Å²) in [5, 5.41) is 7.03. The van der Waals surface area contributed by atoms with Crippen LogP contribution >= 0.6 is 11.3 Å². The third-order valence-electron chi connectivity index (χ3n) is 14.0. The number of cyclic esters (lactones) is 1. The molecule has 6 atom stereocenters. The Morgan fingerprint density at radius 1 is 1.12 bits per heavy atom. The molecule has 3 aromatic heterocycles. The van der Waals surface area contributed by atoms with Gasteiger partial charge in [0.05, 0.1) is 60.1 Å². The molecule has 4 aliphatic heterocycles. The minimum absolute atomic E-state index is 0.0895. The lowest BCUT2D eigenvalue weighted by Crippen LogP contribution is -2.62. The van der Waals surface area contributed by atoms with E-state index in [4.69, 9.17) is 19.2 Å². The van der Waals surface area contributed by atoms with E-state index in [9.17, 15) is 41.5 Å². The molecule has 6 bridgehead atoms. The lowest BCUT2D eigenvalue weighted by molar-refractivity contribution is -0.155. The van der Waals surface area contributed by atoms with Crippen LogP contribution in [0, 0.1) is 11.3 Å². The van der Waals surface area contributed by atoms with Crippen molar-refractivity contribution in [2.75, 3.05) is 60.2 Å². The molecule has 4 aliphatic rings. The van der Waals surface area contributed by atoms with Gasteiger partial charge >= 0.3 is 18.2 Å². The number of halogens is 4. The van der Waals surface area contributed by atoms with E-state index >= 15 is 0 Å². The molecule has 7 heterocycles. The van der Waals surface area contributed by atoms with Gasteiger partial charge in [0.1, 0.15) is 31.3 Å². The van der Waals surface area contributed by atoms with Crippen LogP contribution in [0.4, 0.5) is 22.4 Å².